The van der Waals surface area contributed by atoms with Gasteiger partial charge in [-0.3, -0.25) is 9.59 Å². The lowest BCUT2D eigenvalue weighted by atomic mass is 9.97. The van der Waals surface area contributed by atoms with Gasteiger partial charge in [-0.15, -0.1) is 0 Å². The Hall–Kier alpha value is -0.360. The summed E-state index contributed by atoms with van der Waals surface area (Å²) in [6.07, 6.45) is 2.72. The van der Waals surface area contributed by atoms with Gasteiger partial charge in [-0.05, 0) is 12.8 Å². The zero-order chi connectivity index (χ0) is 12.6. The summed E-state index contributed by atoms with van der Waals surface area (Å²) in [6.45, 7) is 3.88. The van der Waals surface area contributed by atoms with Crippen LogP contribution in [0, 0.1) is 0 Å². The van der Waals surface area contributed by atoms with Crippen molar-refractivity contribution in [1.82, 2.24) is 0 Å². The average molecular weight is 266 g/mol. The van der Waals surface area contributed by atoms with E-state index in [1.807, 2.05) is 13.8 Å². The molecule has 6 heteroatoms. The predicted molar refractivity (Wildman–Crippen MR) is 67.9 cm³/mol. The summed E-state index contributed by atoms with van der Waals surface area (Å²) in [4.78, 5) is 21.7. The standard InChI is InChI=1S/C10H18O4S2/c1-3-5-10(6-4-2,9(13)14)16-15-7-8(11)12/h3-7H2,1-2H3,(H,11,12)(H,13,14). The first-order valence-corrected chi connectivity index (χ1v) is 7.56. The highest BCUT2D eigenvalue weighted by molar-refractivity contribution is 8.77. The second-order valence-electron chi connectivity index (χ2n) is 3.54. The highest BCUT2D eigenvalue weighted by Gasteiger charge is 2.37. The van der Waals surface area contributed by atoms with E-state index < -0.39 is 16.7 Å². The van der Waals surface area contributed by atoms with E-state index >= 15 is 0 Å². The molecule has 0 fully saturated rings. The van der Waals surface area contributed by atoms with E-state index in [9.17, 15) is 14.7 Å². The lowest BCUT2D eigenvalue weighted by Gasteiger charge is -2.27. The van der Waals surface area contributed by atoms with Crippen molar-refractivity contribution in [2.24, 2.45) is 0 Å². The van der Waals surface area contributed by atoms with Gasteiger partial charge in [0, 0.05) is 0 Å². The fourth-order valence-electron chi connectivity index (χ4n) is 1.46. The normalized spacial score (nSPS) is 11.4. The van der Waals surface area contributed by atoms with Crippen molar-refractivity contribution in [2.75, 3.05) is 5.75 Å². The highest BCUT2D eigenvalue weighted by Crippen LogP contribution is 2.42. The summed E-state index contributed by atoms with van der Waals surface area (Å²) < 4.78 is -0.830. The van der Waals surface area contributed by atoms with E-state index in [1.54, 1.807) is 0 Å². The van der Waals surface area contributed by atoms with Crippen LogP contribution in [0.2, 0.25) is 0 Å². The van der Waals surface area contributed by atoms with Gasteiger partial charge in [0.1, 0.15) is 10.5 Å². The molecule has 0 aromatic heterocycles. The van der Waals surface area contributed by atoms with Crippen molar-refractivity contribution in [3.63, 3.8) is 0 Å². The lowest BCUT2D eigenvalue weighted by molar-refractivity contribution is -0.140. The van der Waals surface area contributed by atoms with Gasteiger partial charge in [0.15, 0.2) is 0 Å². The maximum absolute atomic E-state index is 11.3. The van der Waals surface area contributed by atoms with Crippen LogP contribution in [0.3, 0.4) is 0 Å². The first kappa shape index (κ1) is 15.6. The molecular weight excluding hydrogens is 248 g/mol. The molecule has 0 spiro atoms. The minimum absolute atomic E-state index is 0.0624. The Morgan fingerprint density at radius 3 is 1.94 bits per heavy atom. The highest BCUT2D eigenvalue weighted by atomic mass is 33.1. The number of hydrogen-bond donors (Lipinski definition) is 2. The van der Waals surface area contributed by atoms with Gasteiger partial charge in [-0.2, -0.15) is 0 Å². The van der Waals surface area contributed by atoms with Gasteiger partial charge in [-0.25, -0.2) is 0 Å². The molecule has 4 nitrogen and oxygen atoms in total. The van der Waals surface area contributed by atoms with Crippen LogP contribution in [0.5, 0.6) is 0 Å². The first-order chi connectivity index (χ1) is 7.48. The van der Waals surface area contributed by atoms with Crippen LogP contribution < -0.4 is 0 Å². The average Bonchev–Trinajstić information content (AvgIpc) is 2.17. The number of rotatable bonds is 9. The largest absolute Gasteiger partial charge is 0.481 e. The molecule has 0 aliphatic heterocycles. The Bertz CT molecular complexity index is 237. The van der Waals surface area contributed by atoms with Crippen LogP contribution in [-0.2, 0) is 9.59 Å². The van der Waals surface area contributed by atoms with E-state index in [2.05, 4.69) is 0 Å². The molecule has 94 valence electrons. The van der Waals surface area contributed by atoms with Crippen LogP contribution in [0.25, 0.3) is 0 Å². The Kier molecular flexibility index (Phi) is 7.66. The summed E-state index contributed by atoms with van der Waals surface area (Å²) in [7, 11) is 2.30. The molecule has 0 aromatic rings. The third-order valence-corrected chi connectivity index (χ3v) is 5.15. The maximum Gasteiger partial charge on any atom is 0.320 e. The zero-order valence-corrected chi connectivity index (χ0v) is 11.2. The minimum Gasteiger partial charge on any atom is -0.481 e. The van der Waals surface area contributed by atoms with Crippen molar-refractivity contribution in [2.45, 2.75) is 44.3 Å². The smallest absolute Gasteiger partial charge is 0.320 e. The number of carboxylic acids is 2. The van der Waals surface area contributed by atoms with Gasteiger partial charge in [0.2, 0.25) is 0 Å². The molecule has 0 bridgehead atoms. The molecule has 0 aromatic carbocycles. The lowest BCUT2D eigenvalue weighted by Crippen LogP contribution is -2.34. The van der Waals surface area contributed by atoms with Gasteiger partial charge in [0.25, 0.3) is 0 Å². The molecule has 0 aliphatic rings. The van der Waals surface area contributed by atoms with Gasteiger partial charge in [-0.1, -0.05) is 48.3 Å². The van der Waals surface area contributed by atoms with Crippen molar-refractivity contribution < 1.29 is 19.8 Å². The van der Waals surface area contributed by atoms with E-state index in [0.717, 1.165) is 23.6 Å². The Morgan fingerprint density at radius 2 is 1.62 bits per heavy atom. The van der Waals surface area contributed by atoms with Crippen LogP contribution >= 0.6 is 21.6 Å². The molecule has 0 rings (SSSR count). The summed E-state index contributed by atoms with van der Waals surface area (Å²) >= 11 is 0. The van der Waals surface area contributed by atoms with Gasteiger partial charge >= 0.3 is 11.9 Å². The van der Waals surface area contributed by atoms with E-state index in [4.69, 9.17) is 5.11 Å². The second-order valence-corrected chi connectivity index (χ2v) is 6.22. The number of carbonyl (C=O) groups is 2. The third-order valence-electron chi connectivity index (χ3n) is 2.10. The fraction of sp³-hybridized carbons (Fsp3) is 0.800. The van der Waals surface area contributed by atoms with Crippen molar-refractivity contribution in [1.29, 1.82) is 0 Å². The molecule has 0 saturated carbocycles. The summed E-state index contributed by atoms with van der Waals surface area (Å²) in [6, 6.07) is 0. The van der Waals surface area contributed by atoms with Crippen LogP contribution in [0.4, 0.5) is 0 Å². The molecule has 0 atom stereocenters. The Morgan fingerprint density at radius 1 is 1.12 bits per heavy atom. The summed E-state index contributed by atoms with van der Waals surface area (Å²) in [5.74, 6) is -1.81. The molecule has 16 heavy (non-hydrogen) atoms. The summed E-state index contributed by atoms with van der Waals surface area (Å²) in [5.41, 5.74) is 0. The second kappa shape index (κ2) is 7.84. The molecule has 0 saturated heterocycles. The van der Waals surface area contributed by atoms with Crippen LogP contribution in [0.1, 0.15) is 39.5 Å². The SMILES string of the molecule is CCCC(CCC)(SSCC(=O)O)C(=O)O. The fourth-order valence-corrected chi connectivity index (χ4v) is 4.36. The van der Waals surface area contributed by atoms with E-state index in [1.165, 1.54) is 10.8 Å². The molecule has 0 radical (unpaired) electrons. The molecule has 0 heterocycles. The predicted octanol–water partition coefficient (Wildman–Crippen LogP) is 2.88. The van der Waals surface area contributed by atoms with Crippen molar-refractivity contribution in [3.05, 3.63) is 0 Å². The zero-order valence-electron chi connectivity index (χ0n) is 9.56. The number of hydrogen-bond acceptors (Lipinski definition) is 4. The minimum atomic E-state index is -0.912. The molecular formula is C10H18O4S2. The number of aliphatic carboxylic acids is 2. The number of carboxylic acid groups (broad SMARTS) is 2. The van der Waals surface area contributed by atoms with Crippen LogP contribution in [0.15, 0.2) is 0 Å². The Labute approximate surface area is 104 Å². The topological polar surface area (TPSA) is 74.6 Å². The molecule has 0 amide bonds. The Balaban J connectivity index is 4.48. The van der Waals surface area contributed by atoms with Crippen molar-refractivity contribution in [3.8, 4) is 0 Å². The van der Waals surface area contributed by atoms with Crippen LogP contribution in [-0.4, -0.2) is 32.7 Å². The quantitative estimate of drug-likeness (QED) is 0.625. The van der Waals surface area contributed by atoms with E-state index in [0.29, 0.717) is 12.8 Å². The molecule has 0 unspecified atom stereocenters. The van der Waals surface area contributed by atoms with Gasteiger partial charge < -0.3 is 10.2 Å². The van der Waals surface area contributed by atoms with E-state index in [-0.39, 0.29) is 5.75 Å². The maximum atomic E-state index is 11.3. The molecule has 2 N–H and O–H groups in total. The first-order valence-electron chi connectivity index (χ1n) is 5.24. The van der Waals surface area contributed by atoms with Crippen molar-refractivity contribution >= 4 is 33.5 Å². The third kappa shape index (κ3) is 5.12. The monoisotopic (exact) mass is 266 g/mol. The molecule has 0 aliphatic carbocycles. The summed E-state index contributed by atoms with van der Waals surface area (Å²) in [5, 5.41) is 17.8. The van der Waals surface area contributed by atoms with Gasteiger partial charge in [0.05, 0.1) is 0 Å².